The first-order chi connectivity index (χ1) is 16.0. The van der Waals surface area contributed by atoms with Crippen molar-refractivity contribution in [1.29, 1.82) is 0 Å². The molecule has 0 atom stereocenters. The highest BCUT2D eigenvalue weighted by Gasteiger charge is 2.04. The van der Waals surface area contributed by atoms with Crippen molar-refractivity contribution >= 4 is 0 Å². The van der Waals surface area contributed by atoms with E-state index in [2.05, 4.69) is 23.7 Å². The van der Waals surface area contributed by atoms with Gasteiger partial charge in [0, 0.05) is 0 Å². The Morgan fingerprint density at radius 2 is 0.781 bits per heavy atom. The van der Waals surface area contributed by atoms with Crippen molar-refractivity contribution in [2.75, 3.05) is 92.5 Å². The molecular formula is C24H32O8. The summed E-state index contributed by atoms with van der Waals surface area (Å²) >= 11 is 0. The summed E-state index contributed by atoms with van der Waals surface area (Å²) in [6, 6.07) is 7.53. The van der Waals surface area contributed by atoms with Gasteiger partial charge in [0.15, 0.2) is 11.5 Å². The van der Waals surface area contributed by atoms with E-state index in [1.54, 1.807) is 0 Å². The second-order valence-electron chi connectivity index (χ2n) is 6.30. The van der Waals surface area contributed by atoms with Crippen LogP contribution in [0.4, 0.5) is 0 Å². The molecule has 0 bridgehead atoms. The van der Waals surface area contributed by atoms with Crippen LogP contribution >= 0.6 is 0 Å². The number of benzene rings is 1. The van der Waals surface area contributed by atoms with E-state index in [0.717, 1.165) is 0 Å². The molecule has 1 aliphatic heterocycles. The Balaban J connectivity index is 1.69. The first-order valence-electron chi connectivity index (χ1n) is 10.7. The number of para-hydroxylation sites is 2. The number of ether oxygens (including phenoxy) is 8. The maximum atomic E-state index is 5.76. The SMILES string of the molecule is C1#CCOCCOCCOCCOc2ccccc2OCCOCCOCCOCC#C1. The third-order valence-electron chi connectivity index (χ3n) is 3.90. The fraction of sp³-hybridized carbons (Fsp3) is 0.583. The fourth-order valence-electron chi connectivity index (χ4n) is 2.40. The zero-order valence-corrected chi connectivity index (χ0v) is 18.5. The maximum absolute atomic E-state index is 5.76. The van der Waals surface area contributed by atoms with Crippen LogP contribution in [0.25, 0.3) is 0 Å². The molecule has 1 aliphatic rings. The van der Waals surface area contributed by atoms with Crippen molar-refractivity contribution in [2.45, 2.75) is 0 Å². The van der Waals surface area contributed by atoms with E-state index in [4.69, 9.17) is 37.9 Å². The van der Waals surface area contributed by atoms with E-state index in [-0.39, 0.29) is 0 Å². The van der Waals surface area contributed by atoms with E-state index in [1.165, 1.54) is 0 Å². The van der Waals surface area contributed by atoms with Gasteiger partial charge in [-0.15, -0.1) is 0 Å². The average molecular weight is 449 g/mol. The van der Waals surface area contributed by atoms with E-state index in [1.807, 2.05) is 24.3 Å². The summed E-state index contributed by atoms with van der Waals surface area (Å²) in [6.45, 7) is 6.24. The topological polar surface area (TPSA) is 73.8 Å². The van der Waals surface area contributed by atoms with E-state index in [9.17, 15) is 0 Å². The van der Waals surface area contributed by atoms with Crippen molar-refractivity contribution in [3.05, 3.63) is 24.3 Å². The second kappa shape index (κ2) is 19.4. The molecule has 0 saturated carbocycles. The van der Waals surface area contributed by atoms with Crippen molar-refractivity contribution in [3.8, 4) is 35.2 Å². The van der Waals surface area contributed by atoms with Crippen molar-refractivity contribution in [2.24, 2.45) is 0 Å². The Labute approximate surface area is 190 Å². The van der Waals surface area contributed by atoms with E-state index < -0.39 is 0 Å². The first-order valence-corrected chi connectivity index (χ1v) is 10.7. The van der Waals surface area contributed by atoms with Crippen molar-refractivity contribution in [3.63, 3.8) is 0 Å². The number of rotatable bonds is 0. The molecule has 0 aromatic heterocycles. The predicted molar refractivity (Wildman–Crippen MR) is 118 cm³/mol. The largest absolute Gasteiger partial charge is 0.487 e. The molecule has 0 radical (unpaired) electrons. The minimum Gasteiger partial charge on any atom is -0.487 e. The third kappa shape index (κ3) is 13.9. The van der Waals surface area contributed by atoms with Gasteiger partial charge in [0.1, 0.15) is 26.4 Å². The summed E-state index contributed by atoms with van der Waals surface area (Å²) in [4.78, 5) is 0. The summed E-state index contributed by atoms with van der Waals surface area (Å²) in [5.74, 6) is 12.4. The van der Waals surface area contributed by atoms with Crippen LogP contribution in [0.15, 0.2) is 24.3 Å². The van der Waals surface area contributed by atoms with Crippen LogP contribution in [-0.2, 0) is 28.4 Å². The highest BCUT2D eigenvalue weighted by Crippen LogP contribution is 2.26. The molecular weight excluding hydrogens is 416 g/mol. The highest BCUT2D eigenvalue weighted by molar-refractivity contribution is 5.39. The predicted octanol–water partition coefficient (Wildman–Crippen LogP) is 1.56. The molecule has 0 saturated heterocycles. The lowest BCUT2D eigenvalue weighted by Crippen LogP contribution is -2.14. The molecule has 0 N–H and O–H groups in total. The lowest BCUT2D eigenvalue weighted by molar-refractivity contribution is 0.0124. The molecule has 1 aromatic carbocycles. The molecule has 0 unspecified atom stereocenters. The molecule has 8 nitrogen and oxygen atoms in total. The number of hydrogen-bond donors (Lipinski definition) is 0. The van der Waals surface area contributed by atoms with Crippen LogP contribution in [0.5, 0.6) is 11.5 Å². The van der Waals surface area contributed by atoms with E-state index in [0.29, 0.717) is 104 Å². The molecule has 32 heavy (non-hydrogen) atoms. The quantitative estimate of drug-likeness (QED) is 0.554. The standard InChI is InChI=1S/C24H32O8/c1-2-6-10-26-12-14-28-16-18-30-20-22-32-24-8-4-3-7-23(24)31-21-19-29-17-15-27-13-11-25-9-5-1/h3-4,7-8H,9-22H2. The molecule has 0 amide bonds. The zero-order chi connectivity index (χ0) is 22.4. The van der Waals surface area contributed by atoms with Crippen LogP contribution < -0.4 is 9.47 Å². The molecule has 0 fully saturated rings. The highest BCUT2D eigenvalue weighted by atomic mass is 16.6. The van der Waals surface area contributed by atoms with Gasteiger partial charge in [-0.25, -0.2) is 0 Å². The minimum atomic E-state index is 0.313. The number of fused-ring (bicyclic) bond motifs is 1. The Hall–Kier alpha value is -2.30. The maximum Gasteiger partial charge on any atom is 0.161 e. The van der Waals surface area contributed by atoms with Gasteiger partial charge in [0.2, 0.25) is 0 Å². The Morgan fingerprint density at radius 3 is 1.19 bits per heavy atom. The summed E-state index contributed by atoms with van der Waals surface area (Å²) in [6.07, 6.45) is 0. The smallest absolute Gasteiger partial charge is 0.161 e. The average Bonchev–Trinajstić information content (AvgIpc) is 2.81. The van der Waals surface area contributed by atoms with Crippen LogP contribution in [-0.4, -0.2) is 92.5 Å². The Morgan fingerprint density at radius 1 is 0.438 bits per heavy atom. The van der Waals surface area contributed by atoms with Crippen LogP contribution in [0.1, 0.15) is 0 Å². The lowest BCUT2D eigenvalue weighted by Gasteiger charge is -2.13. The summed E-state index contributed by atoms with van der Waals surface area (Å²) < 4.78 is 44.1. The Bertz CT molecular complexity index is 655. The third-order valence-corrected chi connectivity index (χ3v) is 3.90. The van der Waals surface area contributed by atoms with Crippen LogP contribution in [0.2, 0.25) is 0 Å². The van der Waals surface area contributed by atoms with Crippen LogP contribution in [0, 0.1) is 23.7 Å². The van der Waals surface area contributed by atoms with Gasteiger partial charge in [0.05, 0.1) is 66.1 Å². The minimum absolute atomic E-state index is 0.313. The zero-order valence-electron chi connectivity index (χ0n) is 18.5. The van der Waals surface area contributed by atoms with Gasteiger partial charge in [-0.1, -0.05) is 24.0 Å². The molecule has 0 spiro atoms. The van der Waals surface area contributed by atoms with Crippen molar-refractivity contribution < 1.29 is 37.9 Å². The van der Waals surface area contributed by atoms with E-state index >= 15 is 0 Å². The molecule has 2 rings (SSSR count). The number of hydrogen-bond acceptors (Lipinski definition) is 8. The summed E-state index contributed by atoms with van der Waals surface area (Å²) in [5.41, 5.74) is 0. The lowest BCUT2D eigenvalue weighted by atomic mass is 10.3. The molecule has 8 heteroatoms. The summed E-state index contributed by atoms with van der Waals surface area (Å²) in [5, 5.41) is 0. The van der Waals surface area contributed by atoms with Crippen LogP contribution in [0.3, 0.4) is 0 Å². The molecule has 176 valence electrons. The molecule has 1 aromatic rings. The van der Waals surface area contributed by atoms with Gasteiger partial charge < -0.3 is 37.9 Å². The monoisotopic (exact) mass is 448 g/mol. The van der Waals surface area contributed by atoms with Gasteiger partial charge in [-0.2, -0.15) is 0 Å². The van der Waals surface area contributed by atoms with Gasteiger partial charge in [-0.3, -0.25) is 0 Å². The molecule has 1 heterocycles. The van der Waals surface area contributed by atoms with Gasteiger partial charge in [-0.05, 0) is 24.0 Å². The van der Waals surface area contributed by atoms with Gasteiger partial charge in [0.25, 0.3) is 0 Å². The van der Waals surface area contributed by atoms with Gasteiger partial charge >= 0.3 is 0 Å². The first kappa shape index (κ1) is 26.0. The second-order valence-corrected chi connectivity index (χ2v) is 6.30. The Kier molecular flexibility index (Phi) is 15.7. The normalized spacial score (nSPS) is 19.1. The summed E-state index contributed by atoms with van der Waals surface area (Å²) in [7, 11) is 0. The molecule has 0 aliphatic carbocycles. The van der Waals surface area contributed by atoms with Crippen molar-refractivity contribution in [1.82, 2.24) is 0 Å². The fourth-order valence-corrected chi connectivity index (χ4v) is 2.40.